The van der Waals surface area contributed by atoms with Crippen LogP contribution < -0.4 is 10.9 Å². The van der Waals surface area contributed by atoms with Crippen molar-refractivity contribution in [1.82, 2.24) is 9.97 Å². The van der Waals surface area contributed by atoms with Crippen LogP contribution in [0.3, 0.4) is 0 Å². The summed E-state index contributed by atoms with van der Waals surface area (Å²) in [7, 11) is 1.44. The van der Waals surface area contributed by atoms with E-state index in [0.29, 0.717) is 10.9 Å². The summed E-state index contributed by atoms with van der Waals surface area (Å²) in [5.41, 5.74) is -0.950. The number of benzene rings is 2. The first kappa shape index (κ1) is 16.1. The highest BCUT2D eigenvalue weighted by Gasteiger charge is 2.25. The molecule has 0 atom stereocenters. The van der Waals surface area contributed by atoms with E-state index in [1.807, 2.05) is 0 Å². The lowest BCUT2D eigenvalue weighted by Crippen LogP contribution is -2.11. The maximum Gasteiger partial charge on any atom is 0.299 e. The van der Waals surface area contributed by atoms with Gasteiger partial charge in [0.1, 0.15) is 11.5 Å². The Kier molecular flexibility index (Phi) is 3.85. The van der Waals surface area contributed by atoms with Crippen molar-refractivity contribution in [3.63, 3.8) is 0 Å². The zero-order chi connectivity index (χ0) is 18.1. The molecule has 10 heteroatoms. The molecule has 0 spiro atoms. The Morgan fingerprint density at radius 2 is 1.84 bits per heavy atom. The molecule has 3 aromatic rings. The summed E-state index contributed by atoms with van der Waals surface area (Å²) in [6, 6.07) is 8.54. The molecule has 1 aromatic heterocycles. The van der Waals surface area contributed by atoms with Gasteiger partial charge in [-0.25, -0.2) is 4.98 Å². The lowest BCUT2D eigenvalue weighted by atomic mass is 10.1. The summed E-state index contributed by atoms with van der Waals surface area (Å²) in [6.07, 6.45) is 0. The highest BCUT2D eigenvalue weighted by molar-refractivity contribution is 5.86. The lowest BCUT2D eigenvalue weighted by Gasteiger charge is -2.10. The summed E-state index contributed by atoms with van der Waals surface area (Å²) in [5, 5.41) is 25.4. The van der Waals surface area contributed by atoms with Gasteiger partial charge in [0.05, 0.1) is 32.4 Å². The van der Waals surface area contributed by atoms with Crippen LogP contribution in [0.25, 0.3) is 22.3 Å². The fourth-order valence-corrected chi connectivity index (χ4v) is 2.52. The first-order chi connectivity index (χ1) is 11.9. The minimum atomic E-state index is -0.741. The maximum absolute atomic E-state index is 12.2. The van der Waals surface area contributed by atoms with Gasteiger partial charge in [-0.2, -0.15) is 0 Å². The molecule has 0 amide bonds. The van der Waals surface area contributed by atoms with Gasteiger partial charge in [-0.3, -0.25) is 25.0 Å². The SMILES string of the molecule is CNc1c(-c2nc3ccccc3c(=O)[nH]2)cc([N+](=O)[O-])cc1[N+](=O)[O-]. The number of H-pyrrole nitrogens is 1. The third kappa shape index (κ3) is 2.76. The summed E-state index contributed by atoms with van der Waals surface area (Å²) in [6.45, 7) is 0. The largest absolute Gasteiger partial charge is 0.382 e. The monoisotopic (exact) mass is 341 g/mol. The first-order valence-corrected chi connectivity index (χ1v) is 7.06. The molecule has 0 aliphatic heterocycles. The van der Waals surface area contributed by atoms with Crippen molar-refractivity contribution in [2.45, 2.75) is 0 Å². The normalized spacial score (nSPS) is 10.6. The molecule has 0 unspecified atom stereocenters. The van der Waals surface area contributed by atoms with Crippen molar-refractivity contribution in [3.05, 3.63) is 67.0 Å². The van der Waals surface area contributed by atoms with Crippen LogP contribution in [0.15, 0.2) is 41.2 Å². The molecule has 126 valence electrons. The summed E-state index contributed by atoms with van der Waals surface area (Å²) in [4.78, 5) is 39.9. The second-order valence-electron chi connectivity index (χ2n) is 5.08. The summed E-state index contributed by atoms with van der Waals surface area (Å²) < 4.78 is 0. The predicted octanol–water partition coefficient (Wildman–Crippen LogP) is 2.45. The zero-order valence-electron chi connectivity index (χ0n) is 12.8. The van der Waals surface area contributed by atoms with E-state index < -0.39 is 26.8 Å². The standard InChI is InChI=1S/C15H11N5O5/c1-16-13-10(6-8(19(22)23)7-12(13)20(24)25)14-17-11-5-3-2-4-9(11)15(21)18-14/h2-7,16H,1H3,(H,17,18,21). The molecule has 0 aliphatic carbocycles. The van der Waals surface area contributed by atoms with E-state index in [9.17, 15) is 25.0 Å². The maximum atomic E-state index is 12.2. The van der Waals surface area contributed by atoms with Gasteiger partial charge >= 0.3 is 0 Å². The fraction of sp³-hybridized carbons (Fsp3) is 0.0667. The number of nitrogens with zero attached hydrogens (tertiary/aromatic N) is 3. The third-order valence-corrected chi connectivity index (χ3v) is 3.63. The van der Waals surface area contributed by atoms with E-state index in [2.05, 4.69) is 15.3 Å². The average Bonchev–Trinajstić information content (AvgIpc) is 2.60. The number of para-hydroxylation sites is 1. The Morgan fingerprint density at radius 1 is 1.12 bits per heavy atom. The van der Waals surface area contributed by atoms with Gasteiger partial charge < -0.3 is 10.3 Å². The van der Waals surface area contributed by atoms with E-state index in [1.165, 1.54) is 7.05 Å². The van der Waals surface area contributed by atoms with Gasteiger partial charge in [0.15, 0.2) is 0 Å². The number of nitrogens with one attached hydrogen (secondary N) is 2. The van der Waals surface area contributed by atoms with E-state index in [-0.39, 0.29) is 17.1 Å². The van der Waals surface area contributed by atoms with Gasteiger partial charge in [0, 0.05) is 13.1 Å². The molecule has 2 aromatic carbocycles. The molecule has 0 saturated heterocycles. The Morgan fingerprint density at radius 3 is 2.48 bits per heavy atom. The van der Waals surface area contributed by atoms with E-state index in [1.54, 1.807) is 24.3 Å². The molecular weight excluding hydrogens is 330 g/mol. The minimum absolute atomic E-state index is 0.000139. The second-order valence-corrected chi connectivity index (χ2v) is 5.08. The van der Waals surface area contributed by atoms with Crippen molar-refractivity contribution in [1.29, 1.82) is 0 Å². The molecule has 2 N–H and O–H groups in total. The zero-order valence-corrected chi connectivity index (χ0v) is 12.8. The molecule has 10 nitrogen and oxygen atoms in total. The quantitative estimate of drug-likeness (QED) is 0.547. The summed E-state index contributed by atoms with van der Waals surface area (Å²) in [5.74, 6) is -0.000139. The van der Waals surface area contributed by atoms with Crippen molar-refractivity contribution >= 4 is 28.0 Å². The van der Waals surface area contributed by atoms with E-state index in [4.69, 9.17) is 0 Å². The van der Waals surface area contributed by atoms with Crippen LogP contribution in [0.1, 0.15) is 0 Å². The predicted molar refractivity (Wildman–Crippen MR) is 90.7 cm³/mol. The Balaban J connectivity index is 2.38. The average molecular weight is 341 g/mol. The molecule has 25 heavy (non-hydrogen) atoms. The van der Waals surface area contributed by atoms with Gasteiger partial charge in [-0.15, -0.1) is 0 Å². The molecule has 0 saturated carbocycles. The number of nitro benzene ring substituents is 2. The van der Waals surface area contributed by atoms with Gasteiger partial charge in [-0.1, -0.05) is 12.1 Å². The van der Waals surface area contributed by atoms with Crippen molar-refractivity contribution in [2.24, 2.45) is 0 Å². The third-order valence-electron chi connectivity index (χ3n) is 3.63. The van der Waals surface area contributed by atoms with Crippen molar-refractivity contribution < 1.29 is 9.85 Å². The number of fused-ring (bicyclic) bond motifs is 1. The van der Waals surface area contributed by atoms with Crippen LogP contribution in [0, 0.1) is 20.2 Å². The van der Waals surface area contributed by atoms with Crippen LogP contribution >= 0.6 is 0 Å². The molecule has 0 fully saturated rings. The van der Waals surface area contributed by atoms with Crippen LogP contribution in [-0.2, 0) is 0 Å². The number of anilines is 1. The summed E-state index contributed by atoms with van der Waals surface area (Å²) >= 11 is 0. The Bertz CT molecular complexity index is 1080. The topological polar surface area (TPSA) is 144 Å². The lowest BCUT2D eigenvalue weighted by molar-refractivity contribution is -0.393. The smallest absolute Gasteiger partial charge is 0.299 e. The number of hydrogen-bond donors (Lipinski definition) is 2. The van der Waals surface area contributed by atoms with E-state index >= 15 is 0 Å². The molecule has 0 bridgehead atoms. The van der Waals surface area contributed by atoms with Crippen LogP contribution in [0.5, 0.6) is 0 Å². The molecular formula is C15H11N5O5. The van der Waals surface area contributed by atoms with Gasteiger partial charge in [0.2, 0.25) is 0 Å². The molecule has 3 rings (SSSR count). The number of non-ortho nitro benzene ring substituents is 1. The van der Waals surface area contributed by atoms with Gasteiger partial charge in [0.25, 0.3) is 16.9 Å². The second kappa shape index (κ2) is 6.00. The number of nitro groups is 2. The fourth-order valence-electron chi connectivity index (χ4n) is 2.52. The molecule has 0 aliphatic rings. The number of rotatable bonds is 4. The highest BCUT2D eigenvalue weighted by atomic mass is 16.6. The first-order valence-electron chi connectivity index (χ1n) is 7.06. The van der Waals surface area contributed by atoms with E-state index in [0.717, 1.165) is 12.1 Å². The Labute approximate surface area is 139 Å². The highest BCUT2D eigenvalue weighted by Crippen LogP contribution is 2.37. The molecule has 0 radical (unpaired) electrons. The molecule has 1 heterocycles. The minimum Gasteiger partial charge on any atom is -0.382 e. The van der Waals surface area contributed by atoms with Crippen LogP contribution in [-0.4, -0.2) is 26.9 Å². The van der Waals surface area contributed by atoms with Crippen LogP contribution in [0.4, 0.5) is 17.1 Å². The Hall–Kier alpha value is -3.82. The van der Waals surface area contributed by atoms with Crippen molar-refractivity contribution in [3.8, 4) is 11.4 Å². The van der Waals surface area contributed by atoms with Crippen LogP contribution in [0.2, 0.25) is 0 Å². The van der Waals surface area contributed by atoms with Crippen molar-refractivity contribution in [2.75, 3.05) is 12.4 Å². The number of aromatic amines is 1. The van der Waals surface area contributed by atoms with Gasteiger partial charge in [-0.05, 0) is 12.1 Å². The number of hydrogen-bond acceptors (Lipinski definition) is 7. The number of aromatic nitrogens is 2.